The first-order valence-electron chi connectivity index (χ1n) is 8.67. The van der Waals surface area contributed by atoms with Gasteiger partial charge >= 0.3 is 0 Å². The van der Waals surface area contributed by atoms with Crippen molar-refractivity contribution < 1.29 is 17.6 Å². The highest BCUT2D eigenvalue weighted by Crippen LogP contribution is 2.26. The predicted molar refractivity (Wildman–Crippen MR) is 115 cm³/mol. The van der Waals surface area contributed by atoms with Crippen LogP contribution in [-0.4, -0.2) is 20.4 Å². The van der Waals surface area contributed by atoms with Crippen molar-refractivity contribution in [3.05, 3.63) is 87.5 Å². The van der Waals surface area contributed by atoms with Gasteiger partial charge in [-0.15, -0.1) is 11.3 Å². The van der Waals surface area contributed by atoms with E-state index in [0.29, 0.717) is 9.35 Å². The van der Waals surface area contributed by atoms with E-state index in [1.807, 2.05) is 30.3 Å². The molecule has 0 fully saturated rings. The minimum Gasteiger partial charge on any atom is -0.351 e. The van der Waals surface area contributed by atoms with Crippen molar-refractivity contribution in [3.8, 4) is 0 Å². The second-order valence-electron chi connectivity index (χ2n) is 6.27. The molecule has 2 aromatic carbocycles. The van der Waals surface area contributed by atoms with E-state index in [0.717, 1.165) is 16.9 Å². The third kappa shape index (κ3) is 6.20. The third-order valence-corrected chi connectivity index (χ3v) is 7.68. The van der Waals surface area contributed by atoms with Gasteiger partial charge in [-0.05, 0) is 57.7 Å². The molecular formula is C20H18BrFN2O3S2. The number of amides is 1. The lowest BCUT2D eigenvalue weighted by Crippen LogP contribution is -2.47. The fourth-order valence-corrected chi connectivity index (χ4v) is 5.86. The van der Waals surface area contributed by atoms with E-state index in [4.69, 9.17) is 0 Å². The zero-order valence-electron chi connectivity index (χ0n) is 15.1. The van der Waals surface area contributed by atoms with Gasteiger partial charge in [0.05, 0.1) is 3.79 Å². The van der Waals surface area contributed by atoms with Crippen LogP contribution in [-0.2, 0) is 27.8 Å². The van der Waals surface area contributed by atoms with Gasteiger partial charge in [0.2, 0.25) is 5.91 Å². The Morgan fingerprint density at radius 1 is 1.00 bits per heavy atom. The molecule has 2 N–H and O–H groups in total. The lowest BCUT2D eigenvalue weighted by molar-refractivity contribution is -0.122. The molecule has 152 valence electrons. The molecule has 1 atom stereocenters. The van der Waals surface area contributed by atoms with Crippen LogP contribution in [0.1, 0.15) is 11.1 Å². The second kappa shape index (κ2) is 9.62. The molecule has 0 saturated carbocycles. The Bertz CT molecular complexity index is 1070. The number of sulfonamides is 1. The van der Waals surface area contributed by atoms with Crippen LogP contribution in [0.4, 0.5) is 4.39 Å². The fourth-order valence-electron chi connectivity index (χ4n) is 2.64. The van der Waals surface area contributed by atoms with Crippen molar-refractivity contribution in [1.82, 2.24) is 10.0 Å². The van der Waals surface area contributed by atoms with E-state index in [1.54, 1.807) is 18.2 Å². The van der Waals surface area contributed by atoms with Crippen LogP contribution in [0.2, 0.25) is 0 Å². The normalized spacial score (nSPS) is 12.5. The Balaban J connectivity index is 1.76. The summed E-state index contributed by atoms with van der Waals surface area (Å²) in [6.07, 6.45) is 0.196. The van der Waals surface area contributed by atoms with Crippen molar-refractivity contribution in [2.24, 2.45) is 0 Å². The Kier molecular flexibility index (Phi) is 7.18. The number of halogens is 2. The third-order valence-electron chi connectivity index (χ3n) is 4.09. The van der Waals surface area contributed by atoms with Crippen molar-refractivity contribution in [2.45, 2.75) is 23.2 Å². The van der Waals surface area contributed by atoms with Gasteiger partial charge in [0, 0.05) is 6.54 Å². The number of benzene rings is 2. The second-order valence-corrected chi connectivity index (χ2v) is 10.7. The van der Waals surface area contributed by atoms with E-state index < -0.39 is 22.0 Å². The summed E-state index contributed by atoms with van der Waals surface area (Å²) in [5, 5.41) is 2.72. The van der Waals surface area contributed by atoms with Crippen molar-refractivity contribution in [1.29, 1.82) is 0 Å². The average Bonchev–Trinajstić information content (AvgIpc) is 3.15. The molecule has 3 aromatic rings. The molecule has 0 saturated heterocycles. The number of carbonyl (C=O) groups excluding carboxylic acids is 1. The van der Waals surface area contributed by atoms with Crippen LogP contribution in [0.5, 0.6) is 0 Å². The molecule has 0 spiro atoms. The summed E-state index contributed by atoms with van der Waals surface area (Å²) in [6, 6.07) is 17.0. The summed E-state index contributed by atoms with van der Waals surface area (Å²) in [6.45, 7) is 0.163. The quantitative estimate of drug-likeness (QED) is 0.497. The Morgan fingerprint density at radius 3 is 2.31 bits per heavy atom. The number of rotatable bonds is 8. The highest BCUT2D eigenvalue weighted by Gasteiger charge is 2.27. The van der Waals surface area contributed by atoms with Gasteiger partial charge in [0.1, 0.15) is 16.1 Å². The highest BCUT2D eigenvalue weighted by atomic mass is 79.9. The predicted octanol–water partition coefficient (Wildman–Crippen LogP) is 3.86. The van der Waals surface area contributed by atoms with Gasteiger partial charge in [-0.3, -0.25) is 4.79 Å². The molecule has 0 radical (unpaired) electrons. The zero-order valence-corrected chi connectivity index (χ0v) is 18.4. The SMILES string of the molecule is O=C(NCc1ccc(F)cc1)[C@H](Cc1ccccc1)NS(=O)(=O)c1ccc(Br)s1. The van der Waals surface area contributed by atoms with E-state index in [-0.39, 0.29) is 23.0 Å². The molecule has 0 bridgehead atoms. The molecule has 1 aromatic heterocycles. The fraction of sp³-hybridized carbons (Fsp3) is 0.150. The maximum absolute atomic E-state index is 13.0. The molecule has 0 aliphatic heterocycles. The first-order chi connectivity index (χ1) is 13.8. The van der Waals surface area contributed by atoms with Crippen LogP contribution in [0.15, 0.2) is 74.7 Å². The molecule has 9 heteroatoms. The first-order valence-corrected chi connectivity index (χ1v) is 11.8. The van der Waals surface area contributed by atoms with Gasteiger partial charge in [-0.25, -0.2) is 12.8 Å². The molecule has 5 nitrogen and oxygen atoms in total. The van der Waals surface area contributed by atoms with Crippen LogP contribution in [0, 0.1) is 5.82 Å². The van der Waals surface area contributed by atoms with Gasteiger partial charge in [-0.2, -0.15) is 4.72 Å². The Hall–Kier alpha value is -2.07. The molecule has 0 aliphatic carbocycles. The smallest absolute Gasteiger partial charge is 0.250 e. The van der Waals surface area contributed by atoms with Gasteiger partial charge in [0.15, 0.2) is 0 Å². The maximum Gasteiger partial charge on any atom is 0.250 e. The Morgan fingerprint density at radius 2 is 1.69 bits per heavy atom. The number of carbonyl (C=O) groups is 1. The molecule has 0 aliphatic rings. The van der Waals surface area contributed by atoms with Gasteiger partial charge in [-0.1, -0.05) is 42.5 Å². The van der Waals surface area contributed by atoms with Crippen molar-refractivity contribution in [2.75, 3.05) is 0 Å². The van der Waals surface area contributed by atoms with Crippen LogP contribution < -0.4 is 10.0 Å². The van der Waals surface area contributed by atoms with Crippen LogP contribution in [0.25, 0.3) is 0 Å². The number of hydrogen-bond acceptors (Lipinski definition) is 4. The first kappa shape index (κ1) is 21.6. The topological polar surface area (TPSA) is 75.3 Å². The molecule has 1 heterocycles. The maximum atomic E-state index is 13.0. The highest BCUT2D eigenvalue weighted by molar-refractivity contribution is 9.11. The van der Waals surface area contributed by atoms with E-state index >= 15 is 0 Å². The molecular weight excluding hydrogens is 479 g/mol. The van der Waals surface area contributed by atoms with Crippen molar-refractivity contribution in [3.63, 3.8) is 0 Å². The van der Waals surface area contributed by atoms with Crippen LogP contribution >= 0.6 is 27.3 Å². The number of nitrogens with one attached hydrogen (secondary N) is 2. The monoisotopic (exact) mass is 496 g/mol. The summed E-state index contributed by atoms with van der Waals surface area (Å²) in [5.74, 6) is -0.825. The minimum absolute atomic E-state index is 0.119. The van der Waals surface area contributed by atoms with Gasteiger partial charge < -0.3 is 5.32 Å². The van der Waals surface area contributed by atoms with Crippen molar-refractivity contribution >= 4 is 43.2 Å². The van der Waals surface area contributed by atoms with Crippen LogP contribution in [0.3, 0.4) is 0 Å². The summed E-state index contributed by atoms with van der Waals surface area (Å²) in [5.41, 5.74) is 1.53. The lowest BCUT2D eigenvalue weighted by Gasteiger charge is -2.18. The van der Waals surface area contributed by atoms with E-state index in [2.05, 4.69) is 26.0 Å². The molecule has 1 amide bonds. The zero-order chi connectivity index (χ0) is 20.9. The summed E-state index contributed by atoms with van der Waals surface area (Å²) < 4.78 is 41.8. The largest absolute Gasteiger partial charge is 0.351 e. The number of thiophene rings is 1. The average molecular weight is 497 g/mol. The number of hydrogen-bond donors (Lipinski definition) is 2. The minimum atomic E-state index is -3.86. The standard InChI is InChI=1S/C20H18BrFN2O3S2/c21-18-10-11-19(28-18)29(26,27)24-17(12-14-4-2-1-3-5-14)20(25)23-13-15-6-8-16(22)9-7-15/h1-11,17,24H,12-13H2,(H,23,25)/t17-/m0/s1. The molecule has 0 unspecified atom stereocenters. The molecule has 3 rings (SSSR count). The Labute approximate surface area is 181 Å². The summed E-state index contributed by atoms with van der Waals surface area (Å²) >= 11 is 4.31. The molecule has 29 heavy (non-hydrogen) atoms. The van der Waals surface area contributed by atoms with E-state index in [1.165, 1.54) is 18.2 Å². The van der Waals surface area contributed by atoms with E-state index in [9.17, 15) is 17.6 Å². The summed E-state index contributed by atoms with van der Waals surface area (Å²) in [4.78, 5) is 12.8. The lowest BCUT2D eigenvalue weighted by atomic mass is 10.1. The van der Waals surface area contributed by atoms with Gasteiger partial charge in [0.25, 0.3) is 10.0 Å². The summed E-state index contributed by atoms with van der Waals surface area (Å²) in [7, 11) is -3.86.